The van der Waals surface area contributed by atoms with E-state index in [1.54, 1.807) is 0 Å². The molecule has 0 bridgehead atoms. The molecule has 1 aliphatic heterocycles. The van der Waals surface area contributed by atoms with Crippen molar-refractivity contribution in [3.05, 3.63) is 29.1 Å². The van der Waals surface area contributed by atoms with Crippen molar-refractivity contribution in [2.75, 3.05) is 13.2 Å². The van der Waals surface area contributed by atoms with E-state index >= 15 is 0 Å². The molecule has 1 saturated heterocycles. The van der Waals surface area contributed by atoms with Crippen LogP contribution in [0.15, 0.2) is 0 Å². The van der Waals surface area contributed by atoms with E-state index in [1.807, 2.05) is 0 Å². The van der Waals surface area contributed by atoms with Crippen molar-refractivity contribution in [3.8, 4) is 5.75 Å². The molecule has 5 atom stereocenters. The van der Waals surface area contributed by atoms with Crippen molar-refractivity contribution in [2.45, 2.75) is 77.6 Å². The average Bonchev–Trinajstić information content (AvgIpc) is 2.89. The molecular weight excluding hydrogens is 585 g/mol. The molecule has 1 N–H and O–H groups in total. The first kappa shape index (κ1) is 34.3. The third-order valence-electron chi connectivity index (χ3n) is 5.51. The summed E-state index contributed by atoms with van der Waals surface area (Å²) in [7, 11) is 0. The maximum atomic E-state index is 13.7. The molecule has 2 rings (SSSR count). The third kappa shape index (κ3) is 9.34. The SMILES string of the molecule is CC(=O)N[C@H]1C(OC(C)=O)[C@@H](OC(C)=O)C(COC(C)=O)O[C@H]1OCCCCC(=O)Oc1c(F)c(F)c(F)c(F)c1F. The predicted molar refractivity (Wildman–Crippen MR) is 126 cm³/mol. The molecule has 17 heteroatoms. The number of amides is 1. The van der Waals surface area contributed by atoms with E-state index in [2.05, 4.69) is 10.1 Å². The molecule has 42 heavy (non-hydrogen) atoms. The second-order valence-corrected chi connectivity index (χ2v) is 8.92. The molecule has 12 nitrogen and oxygen atoms in total. The highest BCUT2D eigenvalue weighted by molar-refractivity contribution is 5.74. The Bertz CT molecular complexity index is 1170. The smallest absolute Gasteiger partial charge is 0.311 e. The lowest BCUT2D eigenvalue weighted by atomic mass is 9.96. The maximum absolute atomic E-state index is 13.7. The Kier molecular flexibility index (Phi) is 12.6. The van der Waals surface area contributed by atoms with Crippen molar-refractivity contribution >= 4 is 29.8 Å². The van der Waals surface area contributed by atoms with Gasteiger partial charge in [-0.15, -0.1) is 0 Å². The summed E-state index contributed by atoms with van der Waals surface area (Å²) < 4.78 is 98.5. The van der Waals surface area contributed by atoms with Crippen LogP contribution < -0.4 is 10.1 Å². The Balaban J connectivity index is 2.10. The quantitative estimate of drug-likeness (QED) is 0.0702. The molecule has 2 unspecified atom stereocenters. The number of carbonyl (C=O) groups is 5. The Morgan fingerprint density at radius 2 is 1.31 bits per heavy atom. The van der Waals surface area contributed by atoms with Crippen LogP contribution in [0.3, 0.4) is 0 Å². The van der Waals surface area contributed by atoms with Gasteiger partial charge in [-0.3, -0.25) is 24.0 Å². The van der Waals surface area contributed by atoms with Crippen LogP contribution in [0.2, 0.25) is 0 Å². The minimum absolute atomic E-state index is 0.0407. The monoisotopic (exact) mass is 613 g/mol. The lowest BCUT2D eigenvalue weighted by Crippen LogP contribution is -2.66. The summed E-state index contributed by atoms with van der Waals surface area (Å²) in [6.45, 7) is 3.72. The van der Waals surface area contributed by atoms with E-state index in [0.717, 1.165) is 27.7 Å². The topological polar surface area (TPSA) is 153 Å². The van der Waals surface area contributed by atoms with E-state index in [4.69, 9.17) is 23.7 Å². The fraction of sp³-hybridized carbons (Fsp3) is 0.560. The fourth-order valence-electron chi connectivity index (χ4n) is 3.84. The lowest BCUT2D eigenvalue weighted by Gasteiger charge is -2.44. The number of ether oxygens (including phenoxy) is 6. The third-order valence-corrected chi connectivity index (χ3v) is 5.51. The Hall–Kier alpha value is -3.86. The van der Waals surface area contributed by atoms with Gasteiger partial charge in [0.15, 0.2) is 18.5 Å². The molecule has 0 spiro atoms. The van der Waals surface area contributed by atoms with E-state index in [0.29, 0.717) is 0 Å². The van der Waals surface area contributed by atoms with Gasteiger partial charge in [0.05, 0.1) is 0 Å². The van der Waals surface area contributed by atoms with Gasteiger partial charge in [-0.2, -0.15) is 8.78 Å². The van der Waals surface area contributed by atoms with Crippen LogP contribution in [0.4, 0.5) is 22.0 Å². The fourth-order valence-corrected chi connectivity index (χ4v) is 3.84. The molecule has 1 heterocycles. The normalized spacial score (nSPS) is 21.7. The van der Waals surface area contributed by atoms with E-state index < -0.39 is 108 Å². The molecule has 0 radical (unpaired) electrons. The zero-order valence-electron chi connectivity index (χ0n) is 22.8. The zero-order valence-corrected chi connectivity index (χ0v) is 22.8. The van der Waals surface area contributed by atoms with Crippen molar-refractivity contribution in [1.29, 1.82) is 0 Å². The first-order valence-electron chi connectivity index (χ1n) is 12.4. The Morgan fingerprint density at radius 1 is 0.762 bits per heavy atom. The Morgan fingerprint density at radius 3 is 1.83 bits per heavy atom. The molecular formula is C25H28F5NO11. The summed E-state index contributed by atoms with van der Waals surface area (Å²) in [5, 5.41) is 2.49. The van der Waals surface area contributed by atoms with Crippen LogP contribution in [0.5, 0.6) is 5.75 Å². The molecule has 0 aliphatic carbocycles. The highest BCUT2D eigenvalue weighted by Crippen LogP contribution is 2.30. The van der Waals surface area contributed by atoms with Crippen molar-refractivity contribution in [3.63, 3.8) is 0 Å². The summed E-state index contributed by atoms with van der Waals surface area (Å²) >= 11 is 0. The molecule has 1 aromatic carbocycles. The largest absolute Gasteiger partial charge is 0.463 e. The molecule has 1 aromatic rings. The number of halogens is 5. The van der Waals surface area contributed by atoms with Crippen molar-refractivity contribution in [1.82, 2.24) is 5.32 Å². The highest BCUT2D eigenvalue weighted by Gasteiger charge is 2.51. The van der Waals surface area contributed by atoms with Crippen LogP contribution in [0.1, 0.15) is 47.0 Å². The van der Waals surface area contributed by atoms with Crippen LogP contribution in [-0.2, 0) is 47.7 Å². The maximum Gasteiger partial charge on any atom is 0.311 e. The molecule has 1 aliphatic rings. The molecule has 0 aromatic heterocycles. The number of rotatable bonds is 12. The van der Waals surface area contributed by atoms with Gasteiger partial charge >= 0.3 is 23.9 Å². The van der Waals surface area contributed by atoms with Crippen LogP contribution in [0.25, 0.3) is 0 Å². The number of hydrogen-bond acceptors (Lipinski definition) is 11. The van der Waals surface area contributed by atoms with Crippen molar-refractivity contribution in [2.24, 2.45) is 0 Å². The van der Waals surface area contributed by atoms with E-state index in [1.165, 1.54) is 0 Å². The first-order valence-corrected chi connectivity index (χ1v) is 12.4. The van der Waals surface area contributed by atoms with Crippen LogP contribution >= 0.6 is 0 Å². The Labute approximate surface area is 235 Å². The van der Waals surface area contributed by atoms with Crippen LogP contribution in [-0.4, -0.2) is 73.6 Å². The molecule has 0 saturated carbocycles. The summed E-state index contributed by atoms with van der Waals surface area (Å²) in [6.07, 6.45) is -5.82. The van der Waals surface area contributed by atoms with E-state index in [9.17, 15) is 45.9 Å². The number of hydrogen-bond donors (Lipinski definition) is 1. The van der Waals surface area contributed by atoms with Gasteiger partial charge in [-0.25, -0.2) is 13.2 Å². The predicted octanol–water partition coefficient (Wildman–Crippen LogP) is 2.13. The van der Waals surface area contributed by atoms with Gasteiger partial charge in [-0.1, -0.05) is 0 Å². The summed E-state index contributed by atoms with van der Waals surface area (Å²) in [6, 6.07) is -1.23. The second kappa shape index (κ2) is 15.4. The minimum atomic E-state index is -2.41. The van der Waals surface area contributed by atoms with Gasteiger partial charge in [0.2, 0.25) is 40.7 Å². The molecule has 1 amide bonds. The second-order valence-electron chi connectivity index (χ2n) is 8.92. The standard InChI is InChI=1S/C25H28F5NO11/c1-10(32)31-21-24(40-13(4)35)22(39-12(3)34)14(9-38-11(2)33)41-25(21)37-8-6-5-7-15(36)42-23-19(29)17(27)16(26)18(28)20(23)30/h14,21-22,24-25H,5-9H2,1-4H3,(H,31,32)/t14?,21-,22-,24?,25+/m0/s1. The van der Waals surface area contributed by atoms with Gasteiger partial charge < -0.3 is 33.7 Å². The number of nitrogens with one attached hydrogen (secondary N) is 1. The van der Waals surface area contributed by atoms with Gasteiger partial charge in [-0.05, 0) is 12.8 Å². The first-order chi connectivity index (χ1) is 19.6. The highest BCUT2D eigenvalue weighted by atomic mass is 19.2. The summed E-state index contributed by atoms with van der Waals surface area (Å²) in [5.74, 6) is -17.5. The minimum Gasteiger partial charge on any atom is -0.463 e. The lowest BCUT2D eigenvalue weighted by molar-refractivity contribution is -0.277. The van der Waals surface area contributed by atoms with Gasteiger partial charge in [0, 0.05) is 40.7 Å². The molecule has 1 fully saturated rings. The number of benzene rings is 1. The van der Waals surface area contributed by atoms with Crippen LogP contribution in [0, 0.1) is 29.1 Å². The zero-order chi connectivity index (χ0) is 31.7. The summed E-state index contributed by atoms with van der Waals surface area (Å²) in [4.78, 5) is 58.9. The number of carbonyl (C=O) groups excluding carboxylic acids is 5. The average molecular weight is 613 g/mol. The van der Waals surface area contributed by atoms with Gasteiger partial charge in [0.1, 0.15) is 18.8 Å². The summed E-state index contributed by atoms with van der Waals surface area (Å²) in [5.41, 5.74) is 0. The van der Waals surface area contributed by atoms with E-state index in [-0.39, 0.29) is 19.4 Å². The number of unbranched alkanes of at least 4 members (excludes halogenated alkanes) is 1. The number of esters is 4. The van der Waals surface area contributed by atoms with Gasteiger partial charge in [0.25, 0.3) is 0 Å². The van der Waals surface area contributed by atoms with Crippen molar-refractivity contribution < 1.29 is 74.3 Å². The molecule has 234 valence electrons.